The second kappa shape index (κ2) is 10.1. The predicted octanol–water partition coefficient (Wildman–Crippen LogP) is 2.65. The number of benzene rings is 1. The fourth-order valence-corrected chi connectivity index (χ4v) is 3.32. The maximum atomic E-state index is 12.1. The fourth-order valence-electron chi connectivity index (χ4n) is 2.80. The van der Waals surface area contributed by atoms with E-state index in [1.807, 2.05) is 6.26 Å². The molecule has 146 valence electrons. The van der Waals surface area contributed by atoms with E-state index in [1.165, 1.54) is 6.07 Å². The van der Waals surface area contributed by atoms with Gasteiger partial charge in [-0.3, -0.25) is 4.79 Å². The van der Waals surface area contributed by atoms with E-state index < -0.39 is 5.97 Å². The Labute approximate surface area is 163 Å². The van der Waals surface area contributed by atoms with E-state index in [4.69, 9.17) is 0 Å². The van der Waals surface area contributed by atoms with Crippen molar-refractivity contribution < 1.29 is 14.7 Å². The summed E-state index contributed by atoms with van der Waals surface area (Å²) in [7, 11) is 0. The highest BCUT2D eigenvalue weighted by Gasteiger charge is 2.14. The number of aromatic carboxylic acids is 1. The molecule has 8 heteroatoms. The molecule has 1 aromatic heterocycles. The van der Waals surface area contributed by atoms with Gasteiger partial charge in [-0.2, -0.15) is 0 Å². The molecule has 0 bridgehead atoms. The number of carbonyl (C=O) groups is 2. The minimum atomic E-state index is -1.02. The van der Waals surface area contributed by atoms with Crippen LogP contribution in [0.3, 0.4) is 0 Å². The zero-order valence-electron chi connectivity index (χ0n) is 15.9. The van der Waals surface area contributed by atoms with Crippen LogP contribution in [-0.4, -0.2) is 44.5 Å². The average molecular weight is 391 g/mol. The molecule has 2 N–H and O–H groups in total. The molecule has 7 nitrogen and oxygen atoms in total. The molecule has 0 atom stereocenters. The largest absolute Gasteiger partial charge is 0.478 e. The molecular weight excluding hydrogens is 364 g/mol. The first-order valence-electron chi connectivity index (χ1n) is 8.96. The van der Waals surface area contributed by atoms with E-state index in [2.05, 4.69) is 33.9 Å². The monoisotopic (exact) mass is 390 g/mol. The minimum Gasteiger partial charge on any atom is -0.478 e. The van der Waals surface area contributed by atoms with Gasteiger partial charge in [0.2, 0.25) is 5.91 Å². The van der Waals surface area contributed by atoms with E-state index in [1.54, 1.807) is 30.0 Å². The zero-order chi connectivity index (χ0) is 19.8. The van der Waals surface area contributed by atoms with Gasteiger partial charge in [-0.1, -0.05) is 43.8 Å². The van der Waals surface area contributed by atoms with Crippen LogP contribution < -0.4 is 5.32 Å². The molecule has 0 spiro atoms. The Kier molecular flexibility index (Phi) is 7.84. The van der Waals surface area contributed by atoms with Gasteiger partial charge >= 0.3 is 5.97 Å². The van der Waals surface area contributed by atoms with Gasteiger partial charge in [-0.05, 0) is 30.2 Å². The van der Waals surface area contributed by atoms with Crippen molar-refractivity contribution in [3.63, 3.8) is 0 Å². The lowest BCUT2D eigenvalue weighted by molar-refractivity contribution is -0.120. The van der Waals surface area contributed by atoms with Gasteiger partial charge < -0.3 is 15.0 Å². The first-order chi connectivity index (χ1) is 12.9. The Morgan fingerprint density at radius 3 is 2.67 bits per heavy atom. The van der Waals surface area contributed by atoms with Crippen molar-refractivity contribution in [1.29, 1.82) is 0 Å². The Morgan fingerprint density at radius 2 is 2.00 bits per heavy atom. The van der Waals surface area contributed by atoms with Crippen molar-refractivity contribution in [1.82, 2.24) is 20.1 Å². The van der Waals surface area contributed by atoms with Crippen LogP contribution in [0, 0.1) is 5.92 Å². The van der Waals surface area contributed by atoms with Crippen molar-refractivity contribution in [2.24, 2.45) is 5.92 Å². The second-order valence-corrected chi connectivity index (χ2v) is 7.47. The van der Waals surface area contributed by atoms with Gasteiger partial charge in [0, 0.05) is 19.5 Å². The molecule has 2 rings (SSSR count). The van der Waals surface area contributed by atoms with E-state index in [0.29, 0.717) is 18.0 Å². The summed E-state index contributed by atoms with van der Waals surface area (Å²) in [6.45, 7) is 5.69. The summed E-state index contributed by atoms with van der Waals surface area (Å²) in [5, 5.41) is 21.4. The van der Waals surface area contributed by atoms with Crippen LogP contribution in [-0.2, 0) is 24.2 Å². The van der Waals surface area contributed by atoms with Gasteiger partial charge in [0.25, 0.3) is 0 Å². The molecule has 0 saturated carbocycles. The quantitative estimate of drug-likeness (QED) is 0.478. The van der Waals surface area contributed by atoms with Crippen LogP contribution in [0.25, 0.3) is 0 Å². The molecular formula is C19H26N4O3S. The summed E-state index contributed by atoms with van der Waals surface area (Å²) in [5.41, 5.74) is 0.683. The summed E-state index contributed by atoms with van der Waals surface area (Å²) in [6, 6.07) is 6.57. The van der Waals surface area contributed by atoms with Crippen LogP contribution in [0.15, 0.2) is 29.4 Å². The zero-order valence-corrected chi connectivity index (χ0v) is 16.8. The molecule has 0 unspecified atom stereocenters. The van der Waals surface area contributed by atoms with Gasteiger partial charge in [0.1, 0.15) is 5.82 Å². The Balaban J connectivity index is 1.85. The van der Waals surface area contributed by atoms with E-state index in [-0.39, 0.29) is 17.9 Å². The molecule has 2 aromatic rings. The summed E-state index contributed by atoms with van der Waals surface area (Å²) in [6.07, 6.45) is 3.52. The summed E-state index contributed by atoms with van der Waals surface area (Å²) < 4.78 is 2.14. The number of nitrogens with one attached hydrogen (secondary N) is 1. The molecule has 1 aromatic carbocycles. The maximum absolute atomic E-state index is 12.1. The van der Waals surface area contributed by atoms with Crippen molar-refractivity contribution in [3.05, 3.63) is 41.2 Å². The summed E-state index contributed by atoms with van der Waals surface area (Å²) >= 11 is 1.58. The molecule has 0 aliphatic rings. The first kappa shape index (κ1) is 21.0. The third kappa shape index (κ3) is 6.09. The Hall–Kier alpha value is -2.35. The van der Waals surface area contributed by atoms with Crippen LogP contribution in [0.5, 0.6) is 0 Å². The first-order valence-corrected chi connectivity index (χ1v) is 10.2. The third-order valence-electron chi connectivity index (χ3n) is 4.02. The average Bonchev–Trinajstić information content (AvgIpc) is 3.00. The van der Waals surface area contributed by atoms with Gasteiger partial charge in [-0.15, -0.1) is 10.2 Å². The highest BCUT2D eigenvalue weighted by molar-refractivity contribution is 7.98. The Bertz CT molecular complexity index is 789. The number of aromatic nitrogens is 3. The smallest absolute Gasteiger partial charge is 0.335 e. The van der Waals surface area contributed by atoms with Crippen molar-refractivity contribution in [2.75, 3.05) is 12.8 Å². The van der Waals surface area contributed by atoms with Crippen LogP contribution in [0.2, 0.25) is 0 Å². The standard InChI is InChI=1S/C19H26N4O3S/c1-13(2)12-23-16(21-22-19(23)27-3)9-6-10-20-17(24)11-14-7-4-5-8-15(14)18(25)26/h4-5,7-8,13H,6,9-12H2,1-3H3,(H,20,24)(H,25,26). The third-order valence-corrected chi connectivity index (χ3v) is 4.69. The van der Waals surface area contributed by atoms with Gasteiger partial charge in [0.05, 0.1) is 12.0 Å². The van der Waals surface area contributed by atoms with Crippen molar-refractivity contribution in [2.45, 2.75) is 44.8 Å². The second-order valence-electron chi connectivity index (χ2n) is 6.70. The summed E-state index contributed by atoms with van der Waals surface area (Å²) in [4.78, 5) is 23.3. The number of hydrogen-bond donors (Lipinski definition) is 2. The van der Waals surface area contributed by atoms with Gasteiger partial charge in [0.15, 0.2) is 5.16 Å². The fraction of sp³-hybridized carbons (Fsp3) is 0.474. The molecule has 0 aliphatic carbocycles. The molecule has 0 fully saturated rings. The molecule has 0 aliphatic heterocycles. The Morgan fingerprint density at radius 1 is 1.26 bits per heavy atom. The number of carbonyl (C=O) groups excluding carboxylic acids is 1. The lowest BCUT2D eigenvalue weighted by atomic mass is 10.0. The molecule has 0 radical (unpaired) electrons. The van der Waals surface area contributed by atoms with E-state index >= 15 is 0 Å². The number of amides is 1. The number of nitrogens with zero attached hydrogens (tertiary/aromatic N) is 3. The normalized spacial score (nSPS) is 11.0. The molecule has 27 heavy (non-hydrogen) atoms. The molecule has 1 heterocycles. The van der Waals surface area contributed by atoms with Crippen molar-refractivity contribution >= 4 is 23.6 Å². The highest BCUT2D eigenvalue weighted by Crippen LogP contribution is 2.16. The number of carboxylic acid groups (broad SMARTS) is 1. The summed E-state index contributed by atoms with van der Waals surface area (Å²) in [5.74, 6) is 0.225. The minimum absolute atomic E-state index is 0.0582. The van der Waals surface area contributed by atoms with Crippen LogP contribution in [0.1, 0.15) is 42.0 Å². The number of aryl methyl sites for hydroxylation is 1. The van der Waals surface area contributed by atoms with Gasteiger partial charge in [-0.25, -0.2) is 4.79 Å². The lowest BCUT2D eigenvalue weighted by Crippen LogP contribution is -2.27. The molecule has 0 saturated heterocycles. The van der Waals surface area contributed by atoms with Crippen molar-refractivity contribution in [3.8, 4) is 0 Å². The SMILES string of the molecule is CSc1nnc(CCCNC(=O)Cc2ccccc2C(=O)O)n1CC(C)C. The number of carboxylic acids is 1. The highest BCUT2D eigenvalue weighted by atomic mass is 32.2. The lowest BCUT2D eigenvalue weighted by Gasteiger charge is -2.12. The number of thioether (sulfide) groups is 1. The predicted molar refractivity (Wildman–Crippen MR) is 105 cm³/mol. The van der Waals surface area contributed by atoms with Crippen LogP contribution in [0.4, 0.5) is 0 Å². The van der Waals surface area contributed by atoms with E-state index in [9.17, 15) is 14.7 Å². The van der Waals surface area contributed by atoms with E-state index in [0.717, 1.165) is 30.4 Å². The maximum Gasteiger partial charge on any atom is 0.335 e. The number of rotatable bonds is 10. The topological polar surface area (TPSA) is 97.1 Å². The van der Waals surface area contributed by atoms with Crippen LogP contribution >= 0.6 is 11.8 Å². The number of hydrogen-bond acceptors (Lipinski definition) is 5. The molecule has 1 amide bonds.